The molecule has 0 amide bonds. The van der Waals surface area contributed by atoms with Gasteiger partial charge in [0.1, 0.15) is 5.15 Å². The average molecular weight is 242 g/mol. The first-order valence-electron chi connectivity index (χ1n) is 5.59. The van der Waals surface area contributed by atoms with Gasteiger partial charge in [0.05, 0.1) is 6.61 Å². The maximum Gasteiger partial charge on any atom is 0.318 e. The van der Waals surface area contributed by atoms with E-state index in [1.807, 2.05) is 6.92 Å². The van der Waals surface area contributed by atoms with Crippen molar-refractivity contribution in [2.24, 2.45) is 5.92 Å². The van der Waals surface area contributed by atoms with Gasteiger partial charge in [-0.2, -0.15) is 4.98 Å². The summed E-state index contributed by atoms with van der Waals surface area (Å²) in [5.41, 5.74) is 0.830. The zero-order valence-electron chi connectivity index (χ0n) is 9.37. The number of aromatic nitrogens is 2. The van der Waals surface area contributed by atoms with Crippen LogP contribution >= 0.6 is 11.6 Å². The number of hydrogen-bond acceptors (Lipinski definition) is 4. The predicted octanol–water partition coefficient (Wildman–Crippen LogP) is 1.82. The van der Waals surface area contributed by atoms with Gasteiger partial charge in [-0.05, 0) is 32.4 Å². The van der Waals surface area contributed by atoms with E-state index in [1.54, 1.807) is 6.07 Å². The first kappa shape index (κ1) is 11.6. The minimum atomic E-state index is 0.385. The molecular formula is C11H16ClN3O. The van der Waals surface area contributed by atoms with E-state index < -0.39 is 0 Å². The lowest BCUT2D eigenvalue weighted by atomic mass is 10.0. The van der Waals surface area contributed by atoms with Crippen LogP contribution in [0.1, 0.15) is 18.5 Å². The van der Waals surface area contributed by atoms with Crippen LogP contribution in [0.2, 0.25) is 5.15 Å². The Morgan fingerprint density at radius 2 is 2.44 bits per heavy atom. The quantitative estimate of drug-likeness (QED) is 0.820. The molecule has 0 aliphatic carbocycles. The molecule has 2 rings (SSSR count). The van der Waals surface area contributed by atoms with Gasteiger partial charge in [-0.15, -0.1) is 0 Å². The van der Waals surface area contributed by atoms with Gasteiger partial charge in [0, 0.05) is 18.2 Å². The van der Waals surface area contributed by atoms with Gasteiger partial charge in [-0.25, -0.2) is 4.98 Å². The molecule has 1 saturated heterocycles. The van der Waals surface area contributed by atoms with Crippen LogP contribution in [0.5, 0.6) is 6.01 Å². The van der Waals surface area contributed by atoms with Gasteiger partial charge in [0.25, 0.3) is 0 Å². The molecule has 1 atom stereocenters. The van der Waals surface area contributed by atoms with Crippen LogP contribution in [0.15, 0.2) is 6.07 Å². The normalized spacial score (nSPS) is 20.8. The van der Waals surface area contributed by atoms with Crippen molar-refractivity contribution in [3.63, 3.8) is 0 Å². The third-order valence-corrected chi connectivity index (χ3v) is 2.84. The molecule has 0 saturated carbocycles. The third-order valence-electron chi connectivity index (χ3n) is 2.65. The molecule has 1 aromatic heterocycles. The molecule has 0 unspecified atom stereocenters. The second-order valence-corrected chi connectivity index (χ2v) is 4.53. The molecule has 0 bridgehead atoms. The summed E-state index contributed by atoms with van der Waals surface area (Å²) in [4.78, 5) is 8.21. The number of rotatable bonds is 3. The van der Waals surface area contributed by atoms with Crippen molar-refractivity contribution in [2.45, 2.75) is 19.8 Å². The molecule has 1 aliphatic rings. The minimum Gasteiger partial charge on any atom is -0.463 e. The van der Waals surface area contributed by atoms with Crippen molar-refractivity contribution < 1.29 is 4.74 Å². The monoisotopic (exact) mass is 241 g/mol. The van der Waals surface area contributed by atoms with Crippen molar-refractivity contribution in [1.82, 2.24) is 15.3 Å². The summed E-state index contributed by atoms with van der Waals surface area (Å²) < 4.78 is 5.56. The Morgan fingerprint density at radius 3 is 3.12 bits per heavy atom. The summed E-state index contributed by atoms with van der Waals surface area (Å²) in [6.07, 6.45) is 2.41. The first-order valence-corrected chi connectivity index (χ1v) is 5.96. The van der Waals surface area contributed by atoms with Crippen molar-refractivity contribution in [3.8, 4) is 6.01 Å². The zero-order valence-corrected chi connectivity index (χ0v) is 10.1. The standard InChI is InChI=1S/C11H16ClN3O/c1-8-5-10(12)15-11(14-8)16-7-9-3-2-4-13-6-9/h5,9,13H,2-4,6-7H2,1H3/t9-/m0/s1. The highest BCUT2D eigenvalue weighted by Gasteiger charge is 2.14. The summed E-state index contributed by atoms with van der Waals surface area (Å²) in [5, 5.41) is 3.78. The zero-order chi connectivity index (χ0) is 11.4. The molecule has 5 heteroatoms. The largest absolute Gasteiger partial charge is 0.463 e. The Balaban J connectivity index is 1.88. The molecule has 2 heterocycles. The van der Waals surface area contributed by atoms with Gasteiger partial charge < -0.3 is 10.1 Å². The number of ether oxygens (including phenoxy) is 1. The van der Waals surface area contributed by atoms with Crippen LogP contribution in [0.3, 0.4) is 0 Å². The second kappa shape index (κ2) is 5.46. The lowest BCUT2D eigenvalue weighted by Crippen LogP contribution is -2.33. The predicted molar refractivity (Wildman–Crippen MR) is 62.9 cm³/mol. The van der Waals surface area contributed by atoms with Crippen molar-refractivity contribution in [2.75, 3.05) is 19.7 Å². The molecular weight excluding hydrogens is 226 g/mol. The molecule has 16 heavy (non-hydrogen) atoms. The lowest BCUT2D eigenvalue weighted by Gasteiger charge is -2.22. The summed E-state index contributed by atoms with van der Waals surface area (Å²) in [6, 6.07) is 2.10. The van der Waals surface area contributed by atoms with Gasteiger partial charge in [0.2, 0.25) is 0 Å². The molecule has 1 aromatic rings. The van der Waals surface area contributed by atoms with Crippen LogP contribution in [0, 0.1) is 12.8 Å². The fourth-order valence-corrected chi connectivity index (χ4v) is 2.06. The Labute approximate surface area is 100 Å². The van der Waals surface area contributed by atoms with Crippen LogP contribution < -0.4 is 10.1 Å². The number of piperidine rings is 1. The number of hydrogen-bond donors (Lipinski definition) is 1. The Bertz CT molecular complexity index is 333. The Hall–Kier alpha value is -0.870. The highest BCUT2D eigenvalue weighted by atomic mass is 35.5. The molecule has 1 N–H and O–H groups in total. The SMILES string of the molecule is Cc1cc(Cl)nc(OC[C@H]2CCCNC2)n1. The van der Waals surface area contributed by atoms with Crippen LogP contribution in [0.25, 0.3) is 0 Å². The fourth-order valence-electron chi connectivity index (χ4n) is 1.83. The number of nitrogens with one attached hydrogen (secondary N) is 1. The molecule has 0 radical (unpaired) electrons. The van der Waals surface area contributed by atoms with E-state index in [2.05, 4.69) is 15.3 Å². The van der Waals surface area contributed by atoms with E-state index in [0.717, 1.165) is 18.8 Å². The van der Waals surface area contributed by atoms with E-state index in [1.165, 1.54) is 12.8 Å². The van der Waals surface area contributed by atoms with E-state index in [4.69, 9.17) is 16.3 Å². The smallest absolute Gasteiger partial charge is 0.318 e. The maximum atomic E-state index is 5.83. The molecule has 1 aliphatic heterocycles. The number of halogens is 1. The fraction of sp³-hybridized carbons (Fsp3) is 0.636. The van der Waals surface area contributed by atoms with Gasteiger partial charge in [-0.3, -0.25) is 0 Å². The third kappa shape index (κ3) is 3.32. The number of aryl methyl sites for hydroxylation is 1. The maximum absolute atomic E-state index is 5.83. The minimum absolute atomic E-state index is 0.385. The van der Waals surface area contributed by atoms with Crippen LogP contribution in [-0.2, 0) is 0 Å². The molecule has 4 nitrogen and oxygen atoms in total. The molecule has 1 fully saturated rings. The lowest BCUT2D eigenvalue weighted by molar-refractivity contribution is 0.205. The second-order valence-electron chi connectivity index (χ2n) is 4.14. The molecule has 0 spiro atoms. The highest BCUT2D eigenvalue weighted by molar-refractivity contribution is 6.29. The Kier molecular flexibility index (Phi) is 3.96. The van der Waals surface area contributed by atoms with Crippen LogP contribution in [0.4, 0.5) is 0 Å². The average Bonchev–Trinajstić information content (AvgIpc) is 2.27. The van der Waals surface area contributed by atoms with Crippen molar-refractivity contribution >= 4 is 11.6 Å². The first-order chi connectivity index (χ1) is 7.74. The van der Waals surface area contributed by atoms with Crippen LogP contribution in [-0.4, -0.2) is 29.7 Å². The highest BCUT2D eigenvalue weighted by Crippen LogP contribution is 2.14. The number of nitrogens with zero attached hydrogens (tertiary/aromatic N) is 2. The van der Waals surface area contributed by atoms with E-state index in [-0.39, 0.29) is 0 Å². The summed E-state index contributed by atoms with van der Waals surface area (Å²) >= 11 is 5.83. The van der Waals surface area contributed by atoms with Crippen molar-refractivity contribution in [3.05, 3.63) is 16.9 Å². The molecule has 88 valence electrons. The van der Waals surface area contributed by atoms with Crippen molar-refractivity contribution in [1.29, 1.82) is 0 Å². The van der Waals surface area contributed by atoms with Gasteiger partial charge >= 0.3 is 6.01 Å². The van der Waals surface area contributed by atoms with E-state index in [0.29, 0.717) is 23.7 Å². The summed E-state index contributed by atoms with van der Waals surface area (Å²) in [6.45, 7) is 4.66. The van der Waals surface area contributed by atoms with E-state index >= 15 is 0 Å². The summed E-state index contributed by atoms with van der Waals surface area (Å²) in [5.74, 6) is 0.552. The topological polar surface area (TPSA) is 47.0 Å². The summed E-state index contributed by atoms with van der Waals surface area (Å²) in [7, 11) is 0. The van der Waals surface area contributed by atoms with Gasteiger partial charge in [-0.1, -0.05) is 11.6 Å². The van der Waals surface area contributed by atoms with Gasteiger partial charge in [0.15, 0.2) is 0 Å². The van der Waals surface area contributed by atoms with E-state index in [9.17, 15) is 0 Å². The molecule has 0 aromatic carbocycles. The Morgan fingerprint density at radius 1 is 1.56 bits per heavy atom.